The minimum Gasteiger partial charge on any atom is -0.425 e. The lowest BCUT2D eigenvalue weighted by molar-refractivity contribution is -0.384. The zero-order chi connectivity index (χ0) is 18.6. The summed E-state index contributed by atoms with van der Waals surface area (Å²) in [5, 5.41) is 9.79. The zero-order valence-electron chi connectivity index (χ0n) is 12.8. The number of carbonyl (C=O) groups excluding carboxylic acids is 1. The molecular formula is C16H12F3NO4S. The number of hydrogen-bond donors (Lipinski definition) is 0. The third kappa shape index (κ3) is 4.96. The Balaban J connectivity index is 2.07. The van der Waals surface area contributed by atoms with E-state index >= 15 is 0 Å². The molecule has 5 nitrogen and oxygen atoms in total. The molecule has 0 radical (unpaired) electrons. The number of para-hydroxylation sites is 1. The second-order valence-corrected chi connectivity index (χ2v) is 6.34. The highest BCUT2D eigenvalue weighted by Gasteiger charge is 2.35. The van der Waals surface area contributed by atoms with Crippen LogP contribution in [0.15, 0.2) is 53.4 Å². The summed E-state index contributed by atoms with van der Waals surface area (Å²) in [7, 11) is 0. The van der Waals surface area contributed by atoms with Gasteiger partial charge in [-0.1, -0.05) is 12.1 Å². The maximum Gasteiger partial charge on any atom is 0.419 e. The highest BCUT2D eigenvalue weighted by molar-refractivity contribution is 8.00. The Hall–Kier alpha value is -2.55. The van der Waals surface area contributed by atoms with E-state index < -0.39 is 33.6 Å². The van der Waals surface area contributed by atoms with Gasteiger partial charge < -0.3 is 4.74 Å². The molecule has 0 aliphatic heterocycles. The Morgan fingerprint density at radius 2 is 1.76 bits per heavy atom. The van der Waals surface area contributed by atoms with Crippen molar-refractivity contribution < 1.29 is 27.6 Å². The molecule has 2 aromatic rings. The highest BCUT2D eigenvalue weighted by atomic mass is 32.2. The van der Waals surface area contributed by atoms with Crippen molar-refractivity contribution in [1.29, 1.82) is 0 Å². The maximum atomic E-state index is 12.9. The number of carbonyl (C=O) groups is 1. The van der Waals surface area contributed by atoms with Gasteiger partial charge in [-0.2, -0.15) is 13.2 Å². The van der Waals surface area contributed by atoms with Crippen LogP contribution in [0, 0.1) is 10.1 Å². The molecule has 1 atom stereocenters. The summed E-state index contributed by atoms with van der Waals surface area (Å²) >= 11 is 1.03. The molecule has 9 heteroatoms. The van der Waals surface area contributed by atoms with Crippen LogP contribution >= 0.6 is 11.8 Å². The van der Waals surface area contributed by atoms with Crippen LogP contribution in [0.2, 0.25) is 0 Å². The number of esters is 1. The van der Waals surface area contributed by atoms with Crippen molar-refractivity contribution in [3.05, 3.63) is 64.2 Å². The predicted octanol–water partition coefficient (Wildman–Crippen LogP) is 4.70. The molecule has 0 bridgehead atoms. The third-order valence-electron chi connectivity index (χ3n) is 3.10. The Morgan fingerprint density at radius 3 is 2.32 bits per heavy atom. The molecule has 0 saturated heterocycles. The summed E-state index contributed by atoms with van der Waals surface area (Å²) in [6.07, 6.45) is -4.63. The van der Waals surface area contributed by atoms with Crippen molar-refractivity contribution in [3.8, 4) is 5.75 Å². The number of benzene rings is 2. The van der Waals surface area contributed by atoms with Gasteiger partial charge in [-0.25, -0.2) is 0 Å². The monoisotopic (exact) mass is 371 g/mol. The number of halogens is 3. The van der Waals surface area contributed by atoms with Crippen LogP contribution in [-0.4, -0.2) is 16.1 Å². The van der Waals surface area contributed by atoms with E-state index in [4.69, 9.17) is 4.74 Å². The fourth-order valence-corrected chi connectivity index (χ4v) is 2.73. The van der Waals surface area contributed by atoms with Crippen molar-refractivity contribution in [1.82, 2.24) is 0 Å². The first kappa shape index (κ1) is 18.8. The standard InChI is InChI=1S/C16H12F3NO4S/c1-10(25-12-8-6-11(7-9-12)20(22)23)15(21)24-14-5-3-2-4-13(14)16(17,18)19/h2-10H,1H3. The van der Waals surface area contributed by atoms with E-state index in [2.05, 4.69) is 0 Å². The zero-order valence-corrected chi connectivity index (χ0v) is 13.6. The topological polar surface area (TPSA) is 69.4 Å². The number of nitro groups is 1. The molecule has 0 heterocycles. The summed E-state index contributed by atoms with van der Waals surface area (Å²) in [5.74, 6) is -1.41. The van der Waals surface area contributed by atoms with Crippen LogP contribution in [-0.2, 0) is 11.0 Å². The van der Waals surface area contributed by atoms with Crippen molar-refractivity contribution in [3.63, 3.8) is 0 Å². The minimum atomic E-state index is -4.63. The maximum absolute atomic E-state index is 12.9. The molecule has 1 unspecified atom stereocenters. The molecular weight excluding hydrogens is 359 g/mol. The minimum absolute atomic E-state index is 0.0984. The molecule has 25 heavy (non-hydrogen) atoms. The Morgan fingerprint density at radius 1 is 1.16 bits per heavy atom. The largest absolute Gasteiger partial charge is 0.425 e. The predicted molar refractivity (Wildman–Crippen MR) is 85.5 cm³/mol. The molecule has 132 valence electrons. The third-order valence-corrected chi connectivity index (χ3v) is 4.19. The summed E-state index contributed by atoms with van der Waals surface area (Å²) in [5.41, 5.74) is -1.13. The normalized spacial score (nSPS) is 12.5. The van der Waals surface area contributed by atoms with Gasteiger partial charge in [0.1, 0.15) is 11.0 Å². The van der Waals surface area contributed by atoms with Crippen molar-refractivity contribution in [2.45, 2.75) is 23.2 Å². The van der Waals surface area contributed by atoms with E-state index in [1.54, 1.807) is 0 Å². The molecule has 0 N–H and O–H groups in total. The molecule has 0 aliphatic rings. The van der Waals surface area contributed by atoms with Crippen LogP contribution in [0.3, 0.4) is 0 Å². The number of ether oxygens (including phenoxy) is 1. The van der Waals surface area contributed by atoms with Gasteiger partial charge in [-0.3, -0.25) is 14.9 Å². The lowest BCUT2D eigenvalue weighted by atomic mass is 10.2. The first-order chi connectivity index (χ1) is 11.7. The van der Waals surface area contributed by atoms with Gasteiger partial charge in [0.05, 0.1) is 10.5 Å². The Kier molecular flexibility index (Phi) is 5.68. The molecule has 0 aromatic heterocycles. The SMILES string of the molecule is CC(Sc1ccc([N+](=O)[O-])cc1)C(=O)Oc1ccccc1C(F)(F)F. The van der Waals surface area contributed by atoms with Gasteiger partial charge >= 0.3 is 12.1 Å². The highest BCUT2D eigenvalue weighted by Crippen LogP contribution is 2.36. The molecule has 0 saturated carbocycles. The van der Waals surface area contributed by atoms with E-state index in [0.29, 0.717) is 4.90 Å². The van der Waals surface area contributed by atoms with Gasteiger partial charge in [0, 0.05) is 17.0 Å². The van der Waals surface area contributed by atoms with Crippen molar-refractivity contribution in [2.24, 2.45) is 0 Å². The summed E-state index contributed by atoms with van der Waals surface area (Å²) < 4.78 is 43.6. The van der Waals surface area contributed by atoms with Crippen LogP contribution in [0.4, 0.5) is 18.9 Å². The average Bonchev–Trinajstić information content (AvgIpc) is 2.54. The second kappa shape index (κ2) is 7.56. The molecule has 0 spiro atoms. The summed E-state index contributed by atoms with van der Waals surface area (Å²) in [6.45, 7) is 1.48. The van der Waals surface area contributed by atoms with Crippen LogP contribution in [0.25, 0.3) is 0 Å². The fraction of sp³-hybridized carbons (Fsp3) is 0.188. The fourth-order valence-electron chi connectivity index (χ4n) is 1.88. The van der Waals surface area contributed by atoms with Crippen molar-refractivity contribution >= 4 is 23.4 Å². The molecule has 0 aliphatic carbocycles. The first-order valence-corrected chi connectivity index (χ1v) is 7.85. The summed E-state index contributed by atoms with van der Waals surface area (Å²) in [6, 6.07) is 9.91. The lowest BCUT2D eigenvalue weighted by Crippen LogP contribution is -2.21. The number of nitrogens with zero attached hydrogens (tertiary/aromatic N) is 1. The summed E-state index contributed by atoms with van der Waals surface area (Å²) in [4.78, 5) is 22.6. The van der Waals surface area contributed by atoms with Gasteiger partial charge in [0.15, 0.2) is 0 Å². The quantitative estimate of drug-likeness (QED) is 0.251. The van der Waals surface area contributed by atoms with Crippen molar-refractivity contribution in [2.75, 3.05) is 0 Å². The van der Waals surface area contributed by atoms with Gasteiger partial charge in [0.25, 0.3) is 5.69 Å². The van der Waals surface area contributed by atoms with E-state index in [1.807, 2.05) is 0 Å². The number of hydrogen-bond acceptors (Lipinski definition) is 5. The van der Waals surface area contributed by atoms with Gasteiger partial charge in [0.2, 0.25) is 0 Å². The lowest BCUT2D eigenvalue weighted by Gasteiger charge is -2.15. The number of alkyl halides is 3. The molecule has 2 aromatic carbocycles. The average molecular weight is 371 g/mol. The number of rotatable bonds is 5. The first-order valence-electron chi connectivity index (χ1n) is 6.97. The molecule has 2 rings (SSSR count). The van der Waals surface area contributed by atoms with Crippen LogP contribution in [0.5, 0.6) is 5.75 Å². The van der Waals surface area contributed by atoms with E-state index in [0.717, 1.165) is 23.9 Å². The number of nitro benzene ring substituents is 1. The Bertz CT molecular complexity index is 778. The van der Waals surface area contributed by atoms with Crippen LogP contribution < -0.4 is 4.74 Å². The smallest absolute Gasteiger partial charge is 0.419 e. The van der Waals surface area contributed by atoms with Crippen LogP contribution in [0.1, 0.15) is 12.5 Å². The number of thioether (sulfide) groups is 1. The van der Waals surface area contributed by atoms with E-state index in [9.17, 15) is 28.1 Å². The van der Waals surface area contributed by atoms with E-state index in [1.165, 1.54) is 43.3 Å². The molecule has 0 amide bonds. The van der Waals surface area contributed by atoms with E-state index in [-0.39, 0.29) is 5.69 Å². The second-order valence-electron chi connectivity index (χ2n) is 4.93. The van der Waals surface area contributed by atoms with Gasteiger partial charge in [-0.05, 0) is 31.2 Å². The number of non-ortho nitro benzene ring substituents is 1. The molecule has 0 fully saturated rings. The Labute approximate surface area is 144 Å². The van der Waals surface area contributed by atoms with Gasteiger partial charge in [-0.15, -0.1) is 11.8 Å².